The van der Waals surface area contributed by atoms with Crippen LogP contribution < -0.4 is 10.1 Å². The van der Waals surface area contributed by atoms with Gasteiger partial charge in [0.1, 0.15) is 11.3 Å². The maximum Gasteiger partial charge on any atom is 0.145 e. The third kappa shape index (κ3) is 3.04. The Labute approximate surface area is 115 Å². The molecule has 3 heteroatoms. The van der Waals surface area contributed by atoms with Crippen LogP contribution in [0.1, 0.15) is 31.5 Å². The van der Waals surface area contributed by atoms with Crippen molar-refractivity contribution in [2.45, 2.75) is 39.8 Å². The third-order valence-corrected chi connectivity index (χ3v) is 3.49. The van der Waals surface area contributed by atoms with Crippen molar-refractivity contribution in [2.24, 2.45) is 0 Å². The highest BCUT2D eigenvalue weighted by atomic mass is 16.5. The minimum absolute atomic E-state index is 0.522. The van der Waals surface area contributed by atoms with E-state index < -0.39 is 0 Å². The van der Waals surface area contributed by atoms with Crippen molar-refractivity contribution in [3.63, 3.8) is 0 Å². The molecule has 1 atom stereocenters. The highest BCUT2D eigenvalue weighted by Crippen LogP contribution is 2.26. The number of pyridine rings is 1. The van der Waals surface area contributed by atoms with Gasteiger partial charge in [-0.25, -0.2) is 4.98 Å². The summed E-state index contributed by atoms with van der Waals surface area (Å²) in [6.45, 7) is 7.29. The first-order valence-electron chi connectivity index (χ1n) is 6.82. The normalized spacial score (nSPS) is 12.6. The molecule has 1 unspecified atom stereocenters. The number of rotatable bonds is 5. The van der Waals surface area contributed by atoms with Crippen molar-refractivity contribution < 1.29 is 4.74 Å². The Morgan fingerprint density at radius 3 is 2.84 bits per heavy atom. The van der Waals surface area contributed by atoms with Gasteiger partial charge in [-0.3, -0.25) is 0 Å². The predicted molar refractivity (Wildman–Crippen MR) is 79.6 cm³/mol. The predicted octanol–water partition coefficient (Wildman–Crippen LogP) is 3.44. The van der Waals surface area contributed by atoms with Gasteiger partial charge >= 0.3 is 0 Å². The van der Waals surface area contributed by atoms with Gasteiger partial charge in [-0.1, -0.05) is 19.1 Å². The van der Waals surface area contributed by atoms with Crippen LogP contribution in [-0.4, -0.2) is 18.1 Å². The Hall–Kier alpha value is -1.61. The van der Waals surface area contributed by atoms with Gasteiger partial charge in [0.2, 0.25) is 0 Å². The average Bonchev–Trinajstić information content (AvgIpc) is 2.43. The molecule has 1 N–H and O–H groups in total. The molecule has 0 aliphatic carbocycles. The molecule has 0 saturated carbocycles. The molecule has 0 fully saturated rings. The maximum atomic E-state index is 5.40. The zero-order valence-corrected chi connectivity index (χ0v) is 12.2. The van der Waals surface area contributed by atoms with Crippen LogP contribution in [0.3, 0.4) is 0 Å². The zero-order valence-electron chi connectivity index (χ0n) is 12.2. The summed E-state index contributed by atoms with van der Waals surface area (Å²) in [5.41, 5.74) is 3.26. The average molecular weight is 258 g/mol. The summed E-state index contributed by atoms with van der Waals surface area (Å²) >= 11 is 0. The molecule has 1 aromatic carbocycles. The van der Waals surface area contributed by atoms with E-state index in [1.54, 1.807) is 7.11 Å². The Morgan fingerprint density at radius 1 is 1.37 bits per heavy atom. The molecule has 0 aliphatic rings. The number of benzene rings is 1. The summed E-state index contributed by atoms with van der Waals surface area (Å²) in [6, 6.07) is 8.76. The summed E-state index contributed by atoms with van der Waals surface area (Å²) in [5.74, 6) is 0.839. The van der Waals surface area contributed by atoms with Crippen molar-refractivity contribution in [1.29, 1.82) is 0 Å². The van der Waals surface area contributed by atoms with Gasteiger partial charge in [-0.15, -0.1) is 0 Å². The highest BCUT2D eigenvalue weighted by Gasteiger charge is 2.09. The fourth-order valence-corrected chi connectivity index (χ4v) is 2.17. The second kappa shape index (κ2) is 6.02. The fourth-order valence-electron chi connectivity index (χ4n) is 2.17. The lowest BCUT2D eigenvalue weighted by Crippen LogP contribution is -2.24. The Morgan fingerprint density at radius 2 is 2.16 bits per heavy atom. The largest absolute Gasteiger partial charge is 0.494 e. The Kier molecular flexibility index (Phi) is 4.38. The summed E-state index contributed by atoms with van der Waals surface area (Å²) in [7, 11) is 1.69. The minimum atomic E-state index is 0.522. The SMILES string of the molecule is CCC(C)NCc1cc(C)nc2c(OC)cccc12. The van der Waals surface area contributed by atoms with Gasteiger partial charge in [-0.05, 0) is 38.0 Å². The van der Waals surface area contributed by atoms with E-state index in [-0.39, 0.29) is 0 Å². The lowest BCUT2D eigenvalue weighted by molar-refractivity contribution is 0.419. The fraction of sp³-hybridized carbons (Fsp3) is 0.438. The van der Waals surface area contributed by atoms with E-state index in [4.69, 9.17) is 4.74 Å². The van der Waals surface area contributed by atoms with Crippen LogP contribution in [0.25, 0.3) is 10.9 Å². The third-order valence-electron chi connectivity index (χ3n) is 3.49. The first-order valence-corrected chi connectivity index (χ1v) is 6.82. The maximum absolute atomic E-state index is 5.40. The van der Waals surface area contributed by atoms with E-state index >= 15 is 0 Å². The lowest BCUT2D eigenvalue weighted by Gasteiger charge is -2.14. The van der Waals surface area contributed by atoms with Gasteiger partial charge in [0.05, 0.1) is 7.11 Å². The molecule has 3 nitrogen and oxygen atoms in total. The number of methoxy groups -OCH3 is 1. The molecule has 0 aliphatic heterocycles. The number of hydrogen-bond donors (Lipinski definition) is 1. The quantitative estimate of drug-likeness (QED) is 0.892. The van der Waals surface area contributed by atoms with Gasteiger partial charge < -0.3 is 10.1 Å². The van der Waals surface area contributed by atoms with Crippen molar-refractivity contribution >= 4 is 10.9 Å². The second-order valence-electron chi connectivity index (χ2n) is 4.97. The van der Waals surface area contributed by atoms with Crippen LogP contribution in [0, 0.1) is 6.92 Å². The van der Waals surface area contributed by atoms with Gasteiger partial charge in [0.25, 0.3) is 0 Å². The van der Waals surface area contributed by atoms with Crippen molar-refractivity contribution in [2.75, 3.05) is 7.11 Å². The second-order valence-corrected chi connectivity index (χ2v) is 4.97. The standard InChI is InChI=1S/C16H22N2O/c1-5-11(2)17-10-13-9-12(3)18-16-14(13)7-6-8-15(16)19-4/h6-9,11,17H,5,10H2,1-4H3. The molecule has 0 bridgehead atoms. The van der Waals surface area contributed by atoms with Crippen LogP contribution in [0.15, 0.2) is 24.3 Å². The first kappa shape index (κ1) is 13.8. The molecule has 1 heterocycles. The number of aromatic nitrogens is 1. The highest BCUT2D eigenvalue weighted by molar-refractivity contribution is 5.87. The van der Waals surface area contributed by atoms with E-state index in [0.29, 0.717) is 6.04 Å². The molecule has 2 aromatic rings. The number of nitrogens with zero attached hydrogens (tertiary/aromatic N) is 1. The Bertz CT molecular complexity index is 566. The van der Waals surface area contributed by atoms with Crippen molar-refractivity contribution in [3.8, 4) is 5.75 Å². The van der Waals surface area contributed by atoms with Crippen molar-refractivity contribution in [3.05, 3.63) is 35.5 Å². The van der Waals surface area contributed by atoms with Crippen LogP contribution >= 0.6 is 0 Å². The molecule has 102 valence electrons. The molecule has 0 spiro atoms. The summed E-state index contributed by atoms with van der Waals surface area (Å²) in [6.07, 6.45) is 1.13. The van der Waals surface area contributed by atoms with Crippen molar-refractivity contribution in [1.82, 2.24) is 10.3 Å². The minimum Gasteiger partial charge on any atom is -0.494 e. The number of fused-ring (bicyclic) bond motifs is 1. The molecule has 0 amide bonds. The van der Waals surface area contributed by atoms with Crippen LogP contribution in [0.2, 0.25) is 0 Å². The summed E-state index contributed by atoms with van der Waals surface area (Å²) in [4.78, 5) is 4.60. The van der Waals surface area contributed by atoms with E-state index in [2.05, 4.69) is 36.3 Å². The molecule has 0 radical (unpaired) electrons. The first-order chi connectivity index (χ1) is 9.15. The number of para-hydroxylation sites is 1. The lowest BCUT2D eigenvalue weighted by atomic mass is 10.1. The number of ether oxygens (including phenoxy) is 1. The summed E-state index contributed by atoms with van der Waals surface area (Å²) in [5, 5.41) is 4.70. The monoisotopic (exact) mass is 258 g/mol. The molecule has 19 heavy (non-hydrogen) atoms. The van der Waals surface area contributed by atoms with E-state index in [0.717, 1.165) is 29.9 Å². The number of aryl methyl sites for hydroxylation is 1. The molecule has 1 aromatic heterocycles. The summed E-state index contributed by atoms with van der Waals surface area (Å²) < 4.78 is 5.40. The molecule has 2 rings (SSSR count). The molecule has 0 saturated heterocycles. The molecular formula is C16H22N2O. The van der Waals surface area contributed by atoms with Gasteiger partial charge in [-0.2, -0.15) is 0 Å². The van der Waals surface area contributed by atoms with Gasteiger partial charge in [0, 0.05) is 23.7 Å². The van der Waals surface area contributed by atoms with Crippen LogP contribution in [0.5, 0.6) is 5.75 Å². The zero-order chi connectivity index (χ0) is 13.8. The van der Waals surface area contributed by atoms with Crippen LogP contribution in [0.4, 0.5) is 0 Å². The van der Waals surface area contributed by atoms with E-state index in [1.165, 1.54) is 10.9 Å². The van der Waals surface area contributed by atoms with E-state index in [9.17, 15) is 0 Å². The topological polar surface area (TPSA) is 34.2 Å². The molecular weight excluding hydrogens is 236 g/mol. The van der Waals surface area contributed by atoms with Crippen LogP contribution in [-0.2, 0) is 6.54 Å². The Balaban J connectivity index is 2.42. The number of nitrogens with one attached hydrogen (secondary N) is 1. The van der Waals surface area contributed by atoms with Gasteiger partial charge in [0.15, 0.2) is 0 Å². The van der Waals surface area contributed by atoms with E-state index in [1.807, 2.05) is 19.1 Å². The smallest absolute Gasteiger partial charge is 0.145 e. The number of hydrogen-bond acceptors (Lipinski definition) is 3.